The van der Waals surface area contributed by atoms with Crippen molar-refractivity contribution < 1.29 is 0 Å². The van der Waals surface area contributed by atoms with Gasteiger partial charge in [-0.05, 0) is 31.5 Å². The molecular weight excluding hydrogens is 218 g/mol. The summed E-state index contributed by atoms with van der Waals surface area (Å²) in [5, 5.41) is 3.51. The van der Waals surface area contributed by atoms with Gasteiger partial charge < -0.3 is 5.32 Å². The molecule has 1 rings (SSSR count). The van der Waals surface area contributed by atoms with Crippen molar-refractivity contribution in [3.63, 3.8) is 0 Å². The molecule has 1 nitrogen and oxygen atoms in total. The van der Waals surface area contributed by atoms with Crippen molar-refractivity contribution in [1.82, 2.24) is 0 Å². The average molecular weight is 243 g/mol. The monoisotopic (exact) mass is 243 g/mol. The minimum atomic E-state index is 0.514. The lowest BCUT2D eigenvalue weighted by molar-refractivity contribution is 0.578. The van der Waals surface area contributed by atoms with Crippen LogP contribution in [0, 0.1) is 12.3 Å². The van der Waals surface area contributed by atoms with Gasteiger partial charge in [0, 0.05) is 17.3 Å². The van der Waals surface area contributed by atoms with E-state index in [-0.39, 0.29) is 0 Å². The molecule has 0 aliphatic rings. The second-order valence-corrected chi connectivity index (χ2v) is 4.97. The van der Waals surface area contributed by atoms with Crippen molar-refractivity contribution in [3.05, 3.63) is 29.8 Å². The Hall–Kier alpha value is -1.42. The highest BCUT2D eigenvalue weighted by atomic mass is 14.9. The summed E-state index contributed by atoms with van der Waals surface area (Å²) in [4.78, 5) is 0. The van der Waals surface area contributed by atoms with Crippen LogP contribution in [-0.2, 0) is 0 Å². The molecule has 0 spiro atoms. The first-order valence-corrected chi connectivity index (χ1v) is 7.09. The van der Waals surface area contributed by atoms with E-state index < -0.39 is 0 Å². The third kappa shape index (κ3) is 5.77. The van der Waals surface area contributed by atoms with Gasteiger partial charge in [-0.25, -0.2) is 0 Å². The molecule has 0 amide bonds. The number of nitrogens with one attached hydrogen (secondary N) is 1. The molecule has 1 N–H and O–H groups in total. The van der Waals surface area contributed by atoms with Gasteiger partial charge in [0.2, 0.25) is 0 Å². The predicted molar refractivity (Wildman–Crippen MR) is 80.8 cm³/mol. The molecule has 0 aromatic heterocycles. The molecule has 1 aromatic rings. The maximum atomic E-state index is 5.40. The van der Waals surface area contributed by atoms with Gasteiger partial charge in [0.05, 0.1) is 0 Å². The highest BCUT2D eigenvalue weighted by molar-refractivity contribution is 5.50. The van der Waals surface area contributed by atoms with E-state index in [0.29, 0.717) is 6.04 Å². The molecule has 0 aliphatic carbocycles. The summed E-state index contributed by atoms with van der Waals surface area (Å²) in [5.74, 6) is 2.67. The number of rotatable bonds is 8. The minimum absolute atomic E-state index is 0.514. The third-order valence-corrected chi connectivity index (χ3v) is 3.18. The summed E-state index contributed by atoms with van der Waals surface area (Å²) in [6, 6.07) is 8.59. The van der Waals surface area contributed by atoms with Gasteiger partial charge >= 0.3 is 0 Å². The fraction of sp³-hybridized carbons (Fsp3) is 0.529. The lowest BCUT2D eigenvalue weighted by Gasteiger charge is -2.15. The summed E-state index contributed by atoms with van der Waals surface area (Å²) in [6.07, 6.45) is 13.3. The van der Waals surface area contributed by atoms with E-state index in [0.717, 1.165) is 11.3 Å². The molecule has 0 saturated heterocycles. The van der Waals surface area contributed by atoms with Gasteiger partial charge in [-0.1, -0.05) is 51.0 Å². The molecule has 0 bridgehead atoms. The van der Waals surface area contributed by atoms with E-state index in [9.17, 15) is 0 Å². The first kappa shape index (κ1) is 14.6. The summed E-state index contributed by atoms with van der Waals surface area (Å²) in [6.45, 7) is 4.49. The second kappa shape index (κ2) is 8.64. The van der Waals surface area contributed by atoms with Crippen LogP contribution in [0.2, 0.25) is 0 Å². The van der Waals surface area contributed by atoms with Gasteiger partial charge in [-0.3, -0.25) is 0 Å². The molecule has 1 heteroatoms. The molecule has 0 aliphatic heterocycles. The number of benzene rings is 1. The second-order valence-electron chi connectivity index (χ2n) is 4.97. The molecule has 1 atom stereocenters. The van der Waals surface area contributed by atoms with Gasteiger partial charge in [-0.2, -0.15) is 0 Å². The number of anilines is 1. The Morgan fingerprint density at radius 2 is 2.00 bits per heavy atom. The molecule has 0 heterocycles. The lowest BCUT2D eigenvalue weighted by atomic mass is 10.1. The van der Waals surface area contributed by atoms with Gasteiger partial charge in [0.25, 0.3) is 0 Å². The van der Waals surface area contributed by atoms with E-state index in [1.807, 2.05) is 18.2 Å². The SMILES string of the molecule is C#Cc1cccc(NC(C)CCCCCCC)c1. The van der Waals surface area contributed by atoms with Crippen molar-refractivity contribution in [1.29, 1.82) is 0 Å². The number of hydrogen-bond acceptors (Lipinski definition) is 1. The Morgan fingerprint density at radius 1 is 1.22 bits per heavy atom. The molecule has 0 fully saturated rings. The Kier molecular flexibility index (Phi) is 7.03. The van der Waals surface area contributed by atoms with E-state index in [4.69, 9.17) is 6.42 Å². The van der Waals surface area contributed by atoms with Crippen LogP contribution in [0.4, 0.5) is 5.69 Å². The highest BCUT2D eigenvalue weighted by Gasteiger charge is 2.02. The molecule has 1 aromatic carbocycles. The summed E-state index contributed by atoms with van der Waals surface area (Å²) in [7, 11) is 0. The zero-order valence-electron chi connectivity index (χ0n) is 11.7. The maximum Gasteiger partial charge on any atom is 0.0354 e. The topological polar surface area (TPSA) is 12.0 Å². The fourth-order valence-electron chi connectivity index (χ4n) is 2.11. The first-order valence-electron chi connectivity index (χ1n) is 7.09. The zero-order valence-corrected chi connectivity index (χ0v) is 11.7. The Morgan fingerprint density at radius 3 is 2.72 bits per heavy atom. The summed E-state index contributed by atoms with van der Waals surface area (Å²) in [5.41, 5.74) is 2.07. The molecule has 98 valence electrons. The fourth-order valence-corrected chi connectivity index (χ4v) is 2.11. The molecular formula is C17H25N. The summed E-state index contributed by atoms with van der Waals surface area (Å²) < 4.78 is 0. The Balaban J connectivity index is 2.26. The normalized spacial score (nSPS) is 11.8. The average Bonchev–Trinajstić information content (AvgIpc) is 2.38. The summed E-state index contributed by atoms with van der Waals surface area (Å²) >= 11 is 0. The van der Waals surface area contributed by atoms with Crippen LogP contribution in [-0.4, -0.2) is 6.04 Å². The van der Waals surface area contributed by atoms with E-state index in [2.05, 4.69) is 31.2 Å². The van der Waals surface area contributed by atoms with Crippen molar-refractivity contribution in [2.45, 2.75) is 58.4 Å². The van der Waals surface area contributed by atoms with E-state index in [1.165, 1.54) is 38.5 Å². The quantitative estimate of drug-likeness (QED) is 0.509. The molecule has 0 saturated carbocycles. The van der Waals surface area contributed by atoms with E-state index in [1.54, 1.807) is 0 Å². The third-order valence-electron chi connectivity index (χ3n) is 3.18. The lowest BCUT2D eigenvalue weighted by Crippen LogP contribution is -2.14. The van der Waals surface area contributed by atoms with Gasteiger partial charge in [0.1, 0.15) is 0 Å². The smallest absolute Gasteiger partial charge is 0.0354 e. The van der Waals surface area contributed by atoms with Crippen molar-refractivity contribution in [3.8, 4) is 12.3 Å². The van der Waals surface area contributed by atoms with Gasteiger partial charge in [0.15, 0.2) is 0 Å². The zero-order chi connectivity index (χ0) is 13.2. The molecule has 1 unspecified atom stereocenters. The number of unbranched alkanes of at least 4 members (excludes halogenated alkanes) is 4. The first-order chi connectivity index (χ1) is 8.76. The van der Waals surface area contributed by atoms with Gasteiger partial charge in [-0.15, -0.1) is 6.42 Å². The minimum Gasteiger partial charge on any atom is -0.383 e. The van der Waals surface area contributed by atoms with Crippen LogP contribution in [0.15, 0.2) is 24.3 Å². The number of hydrogen-bond donors (Lipinski definition) is 1. The predicted octanol–water partition coefficient (Wildman–Crippen LogP) is 4.83. The van der Waals surface area contributed by atoms with Crippen LogP contribution in [0.25, 0.3) is 0 Å². The Bertz CT molecular complexity index is 375. The van der Waals surface area contributed by atoms with Crippen LogP contribution < -0.4 is 5.32 Å². The van der Waals surface area contributed by atoms with Crippen molar-refractivity contribution >= 4 is 5.69 Å². The van der Waals surface area contributed by atoms with Crippen LogP contribution in [0.3, 0.4) is 0 Å². The highest BCUT2D eigenvalue weighted by Crippen LogP contribution is 2.14. The van der Waals surface area contributed by atoms with Crippen molar-refractivity contribution in [2.75, 3.05) is 5.32 Å². The van der Waals surface area contributed by atoms with Crippen LogP contribution in [0.5, 0.6) is 0 Å². The largest absolute Gasteiger partial charge is 0.383 e. The van der Waals surface area contributed by atoms with Crippen molar-refractivity contribution in [2.24, 2.45) is 0 Å². The van der Waals surface area contributed by atoms with E-state index >= 15 is 0 Å². The number of terminal acetylenes is 1. The maximum absolute atomic E-state index is 5.40. The molecule has 18 heavy (non-hydrogen) atoms. The standard InChI is InChI=1S/C17H25N/c1-4-6-7-8-9-11-15(3)18-17-13-10-12-16(5-2)14-17/h2,10,12-15,18H,4,6-9,11H2,1,3H3. The van der Waals surface area contributed by atoms with Crippen LogP contribution >= 0.6 is 0 Å². The molecule has 0 radical (unpaired) electrons. The van der Waals surface area contributed by atoms with Crippen LogP contribution in [0.1, 0.15) is 57.9 Å². The Labute approximate surface area is 112 Å².